The van der Waals surface area contributed by atoms with Gasteiger partial charge in [-0.3, -0.25) is 0 Å². The standard InChI is InChI=1S/C52H34OS/c1-2-12-31(13-3-1)32-22-23-34-29-35(25-24-33(34)28-32)47-37-14-4-6-16-39(37)48(40-17-7-5-15-38(40)47)36-26-27-45-44(30-36)49-41-18-8-9-19-42(41)52-50(51(49)53-45)43-20-10-11-21-46(43)54-52/h1-4,6,8-9,11-19,21-30H,5,7,10,20H2. The third-order valence-corrected chi connectivity index (χ3v) is 13.1. The van der Waals surface area contributed by atoms with Gasteiger partial charge in [0.1, 0.15) is 11.2 Å². The minimum absolute atomic E-state index is 0.953. The quantitative estimate of drug-likeness (QED) is 0.178. The summed E-state index contributed by atoms with van der Waals surface area (Å²) in [6.45, 7) is 0. The zero-order valence-corrected chi connectivity index (χ0v) is 30.5. The molecule has 2 aromatic heterocycles. The van der Waals surface area contributed by atoms with Gasteiger partial charge < -0.3 is 4.42 Å². The molecule has 0 N–H and O–H groups in total. The number of fused-ring (bicyclic) bond motifs is 13. The predicted molar refractivity (Wildman–Crippen MR) is 233 cm³/mol. The zero-order valence-electron chi connectivity index (χ0n) is 29.7. The fourth-order valence-electron chi connectivity index (χ4n) is 9.50. The molecule has 0 aliphatic heterocycles. The number of thiophene rings is 1. The van der Waals surface area contributed by atoms with Gasteiger partial charge in [0.2, 0.25) is 0 Å². The first-order valence-electron chi connectivity index (χ1n) is 19.1. The molecular weight excluding hydrogens is 673 g/mol. The summed E-state index contributed by atoms with van der Waals surface area (Å²) in [5.41, 5.74) is 11.1. The molecule has 2 aliphatic rings. The summed E-state index contributed by atoms with van der Waals surface area (Å²) >= 11 is 1.92. The molecule has 0 radical (unpaired) electrons. The number of rotatable bonds is 3. The summed E-state index contributed by atoms with van der Waals surface area (Å²) < 4.78 is 8.25. The third kappa shape index (κ3) is 4.38. The van der Waals surface area contributed by atoms with Gasteiger partial charge >= 0.3 is 0 Å². The first-order chi connectivity index (χ1) is 26.8. The van der Waals surface area contributed by atoms with Gasteiger partial charge in [-0.1, -0.05) is 127 Å². The van der Waals surface area contributed by atoms with Crippen LogP contribution in [-0.2, 0) is 6.42 Å². The second-order valence-electron chi connectivity index (χ2n) is 14.9. The molecule has 2 aliphatic carbocycles. The van der Waals surface area contributed by atoms with Gasteiger partial charge in [-0.15, -0.1) is 11.3 Å². The van der Waals surface area contributed by atoms with Crippen LogP contribution in [0.3, 0.4) is 0 Å². The fraction of sp³-hybridized carbons (Fsp3) is 0.0769. The van der Waals surface area contributed by atoms with E-state index < -0.39 is 0 Å². The maximum absolute atomic E-state index is 6.90. The number of furan rings is 1. The lowest BCUT2D eigenvalue weighted by atomic mass is 9.85. The minimum atomic E-state index is 0.953. The van der Waals surface area contributed by atoms with Crippen LogP contribution in [0.5, 0.6) is 0 Å². The Hall–Kier alpha value is -6.22. The summed E-state index contributed by atoms with van der Waals surface area (Å²) in [5.74, 6) is 0. The molecule has 254 valence electrons. The van der Waals surface area contributed by atoms with E-state index in [2.05, 4.69) is 158 Å². The van der Waals surface area contributed by atoms with Crippen LogP contribution in [0.2, 0.25) is 0 Å². The topological polar surface area (TPSA) is 13.1 Å². The van der Waals surface area contributed by atoms with E-state index in [9.17, 15) is 0 Å². The van der Waals surface area contributed by atoms with Crippen LogP contribution < -0.4 is 10.4 Å². The van der Waals surface area contributed by atoms with Crippen LogP contribution in [0.4, 0.5) is 0 Å². The summed E-state index contributed by atoms with van der Waals surface area (Å²) in [7, 11) is 0. The minimum Gasteiger partial charge on any atom is -0.455 e. The Balaban J connectivity index is 1.10. The number of hydrogen-bond donors (Lipinski definition) is 0. The average molecular weight is 707 g/mol. The van der Waals surface area contributed by atoms with Gasteiger partial charge in [-0.05, 0) is 132 Å². The van der Waals surface area contributed by atoms with Crippen LogP contribution in [0, 0.1) is 0 Å². The Bertz CT molecular complexity index is 3370. The van der Waals surface area contributed by atoms with Crippen molar-refractivity contribution in [2.24, 2.45) is 0 Å². The Labute approximate surface area is 316 Å². The largest absolute Gasteiger partial charge is 0.455 e. The average Bonchev–Trinajstić information content (AvgIpc) is 3.82. The van der Waals surface area contributed by atoms with E-state index in [-0.39, 0.29) is 0 Å². The molecule has 0 saturated carbocycles. The van der Waals surface area contributed by atoms with E-state index in [1.807, 2.05) is 11.3 Å². The van der Waals surface area contributed by atoms with Crippen molar-refractivity contribution in [1.82, 2.24) is 0 Å². The lowest BCUT2D eigenvalue weighted by Crippen LogP contribution is -2.31. The monoisotopic (exact) mass is 706 g/mol. The van der Waals surface area contributed by atoms with Crippen LogP contribution in [0.15, 0.2) is 144 Å². The van der Waals surface area contributed by atoms with Crippen molar-refractivity contribution < 1.29 is 4.42 Å². The molecule has 0 amide bonds. The van der Waals surface area contributed by atoms with Crippen molar-refractivity contribution in [3.63, 3.8) is 0 Å². The SMILES string of the molecule is C1=Cc2sc3c4ccccc4c4c5cc(-c6c7c(c(-c8ccc9cc(-c%10ccccc%10)ccc9c8)c8ccccc68)=CCCC=7)ccc5oc4c3c2CC1. The highest BCUT2D eigenvalue weighted by Crippen LogP contribution is 2.48. The van der Waals surface area contributed by atoms with Crippen molar-refractivity contribution in [2.45, 2.75) is 25.7 Å². The van der Waals surface area contributed by atoms with Gasteiger partial charge in [0.05, 0.1) is 0 Å². The Morgan fingerprint density at radius 2 is 1.11 bits per heavy atom. The molecule has 12 rings (SSSR count). The molecule has 54 heavy (non-hydrogen) atoms. The van der Waals surface area contributed by atoms with E-state index in [4.69, 9.17) is 4.42 Å². The molecule has 2 heterocycles. The Kier molecular flexibility index (Phi) is 6.52. The molecule has 0 atom stereocenters. The van der Waals surface area contributed by atoms with Crippen LogP contribution in [0.1, 0.15) is 29.7 Å². The number of aryl methyl sites for hydroxylation is 1. The summed E-state index contributed by atoms with van der Waals surface area (Å²) in [6, 6.07) is 49.5. The van der Waals surface area contributed by atoms with E-state index in [0.29, 0.717) is 0 Å². The van der Waals surface area contributed by atoms with Crippen LogP contribution in [-0.4, -0.2) is 0 Å². The fourth-order valence-corrected chi connectivity index (χ4v) is 10.8. The summed E-state index contributed by atoms with van der Waals surface area (Å²) in [6.07, 6.45) is 13.8. The number of benzene rings is 8. The van der Waals surface area contributed by atoms with Gasteiger partial charge in [-0.25, -0.2) is 0 Å². The maximum atomic E-state index is 6.90. The second kappa shape index (κ2) is 11.6. The van der Waals surface area contributed by atoms with Crippen LogP contribution in [0.25, 0.3) is 116 Å². The molecular formula is C52H34OS. The van der Waals surface area contributed by atoms with Crippen LogP contribution >= 0.6 is 11.3 Å². The first-order valence-corrected chi connectivity index (χ1v) is 19.9. The van der Waals surface area contributed by atoms with E-state index >= 15 is 0 Å². The van der Waals surface area contributed by atoms with E-state index in [1.165, 1.54) is 107 Å². The van der Waals surface area contributed by atoms with Crippen molar-refractivity contribution in [3.8, 4) is 33.4 Å². The third-order valence-electron chi connectivity index (χ3n) is 11.9. The van der Waals surface area contributed by atoms with Crippen molar-refractivity contribution in [1.29, 1.82) is 0 Å². The highest BCUT2D eigenvalue weighted by atomic mass is 32.1. The molecule has 0 unspecified atom stereocenters. The Morgan fingerprint density at radius 1 is 0.481 bits per heavy atom. The zero-order chi connectivity index (χ0) is 35.3. The molecule has 0 spiro atoms. The molecule has 8 aromatic carbocycles. The maximum Gasteiger partial charge on any atom is 0.145 e. The number of hydrogen-bond acceptors (Lipinski definition) is 2. The van der Waals surface area contributed by atoms with Gasteiger partial charge in [0.15, 0.2) is 0 Å². The smallest absolute Gasteiger partial charge is 0.145 e. The van der Waals surface area contributed by atoms with Gasteiger partial charge in [0.25, 0.3) is 0 Å². The Morgan fingerprint density at radius 3 is 1.87 bits per heavy atom. The molecule has 0 bridgehead atoms. The first kappa shape index (κ1) is 30.3. The lowest BCUT2D eigenvalue weighted by Gasteiger charge is -2.18. The van der Waals surface area contributed by atoms with Crippen molar-refractivity contribution in [3.05, 3.63) is 160 Å². The molecule has 10 aromatic rings. The summed E-state index contributed by atoms with van der Waals surface area (Å²) in [4.78, 5) is 1.38. The van der Waals surface area contributed by atoms with E-state index in [1.54, 1.807) is 0 Å². The van der Waals surface area contributed by atoms with E-state index in [0.717, 1.165) is 36.8 Å². The normalized spacial score (nSPS) is 13.9. The van der Waals surface area contributed by atoms with Crippen molar-refractivity contribution in [2.75, 3.05) is 0 Å². The molecule has 0 fully saturated rings. The molecule has 2 heteroatoms. The van der Waals surface area contributed by atoms with Crippen molar-refractivity contribution >= 4 is 93.9 Å². The van der Waals surface area contributed by atoms with Gasteiger partial charge in [0, 0.05) is 31.1 Å². The molecule has 0 saturated heterocycles. The van der Waals surface area contributed by atoms with Gasteiger partial charge in [-0.2, -0.15) is 0 Å². The lowest BCUT2D eigenvalue weighted by molar-refractivity contribution is 0.672. The number of allylic oxidation sites excluding steroid dienone is 1. The highest BCUT2D eigenvalue weighted by Gasteiger charge is 2.24. The highest BCUT2D eigenvalue weighted by molar-refractivity contribution is 7.21. The summed E-state index contributed by atoms with van der Waals surface area (Å²) in [5, 5.41) is 14.1. The molecule has 1 nitrogen and oxygen atoms in total. The second-order valence-corrected chi connectivity index (χ2v) is 16.0. The predicted octanol–water partition coefficient (Wildman–Crippen LogP) is 13.6.